The molecule has 22 heavy (non-hydrogen) atoms. The molecule has 118 valence electrons. The Balaban J connectivity index is 2.22. The summed E-state index contributed by atoms with van der Waals surface area (Å²) in [6.07, 6.45) is 1.75. The summed E-state index contributed by atoms with van der Waals surface area (Å²) in [5.41, 5.74) is 0.877. The maximum Gasteiger partial charge on any atom is 0.227 e. The van der Waals surface area contributed by atoms with Crippen LogP contribution in [0.25, 0.3) is 0 Å². The van der Waals surface area contributed by atoms with Gasteiger partial charge in [0.1, 0.15) is 5.82 Å². The molecule has 0 spiro atoms. The first-order chi connectivity index (χ1) is 10.7. The lowest BCUT2D eigenvalue weighted by Crippen LogP contribution is -2.24. The van der Waals surface area contributed by atoms with Crippen molar-refractivity contribution in [3.63, 3.8) is 0 Å². The molecule has 0 saturated heterocycles. The van der Waals surface area contributed by atoms with Crippen LogP contribution in [0.3, 0.4) is 0 Å². The van der Waals surface area contributed by atoms with Crippen molar-refractivity contribution in [2.75, 3.05) is 37.5 Å². The van der Waals surface area contributed by atoms with Gasteiger partial charge in [-0.05, 0) is 32.0 Å². The molecule has 1 N–H and O–H groups in total. The molecule has 0 unspecified atom stereocenters. The maximum atomic E-state index is 5.31. The monoisotopic (exact) mass is 302 g/mol. The van der Waals surface area contributed by atoms with Gasteiger partial charge >= 0.3 is 0 Å². The van der Waals surface area contributed by atoms with Crippen LogP contribution in [0, 0.1) is 0 Å². The third-order valence-corrected chi connectivity index (χ3v) is 3.35. The van der Waals surface area contributed by atoms with Crippen molar-refractivity contribution in [1.82, 2.24) is 9.97 Å². The lowest BCUT2D eigenvalue weighted by atomic mass is 10.2. The SMILES string of the molecule is CCN(CC)c1nccc(Nc2ccc(OC)c(OC)c2)n1. The molecule has 1 aromatic carbocycles. The summed E-state index contributed by atoms with van der Waals surface area (Å²) < 4.78 is 10.5. The van der Waals surface area contributed by atoms with Crippen LogP contribution in [-0.2, 0) is 0 Å². The Hall–Kier alpha value is -2.50. The summed E-state index contributed by atoms with van der Waals surface area (Å²) >= 11 is 0. The number of ether oxygens (including phenoxy) is 2. The van der Waals surface area contributed by atoms with Gasteiger partial charge in [-0.1, -0.05) is 0 Å². The molecule has 1 aromatic heterocycles. The van der Waals surface area contributed by atoms with E-state index >= 15 is 0 Å². The Labute approximate surface area is 131 Å². The second-order valence-electron chi connectivity index (χ2n) is 4.61. The summed E-state index contributed by atoms with van der Waals surface area (Å²) in [5, 5.41) is 3.26. The van der Waals surface area contributed by atoms with E-state index in [-0.39, 0.29) is 0 Å². The second kappa shape index (κ2) is 7.49. The summed E-state index contributed by atoms with van der Waals surface area (Å²) in [6.45, 7) is 5.91. The van der Waals surface area contributed by atoms with Crippen molar-refractivity contribution >= 4 is 17.5 Å². The van der Waals surface area contributed by atoms with Crippen molar-refractivity contribution in [2.45, 2.75) is 13.8 Å². The van der Waals surface area contributed by atoms with E-state index in [1.807, 2.05) is 24.3 Å². The highest BCUT2D eigenvalue weighted by Gasteiger charge is 2.08. The van der Waals surface area contributed by atoms with Gasteiger partial charge in [0, 0.05) is 31.0 Å². The van der Waals surface area contributed by atoms with E-state index in [4.69, 9.17) is 9.47 Å². The quantitative estimate of drug-likeness (QED) is 0.848. The zero-order valence-electron chi connectivity index (χ0n) is 13.5. The molecule has 0 aliphatic heterocycles. The van der Waals surface area contributed by atoms with Crippen LogP contribution in [0.5, 0.6) is 11.5 Å². The molecular weight excluding hydrogens is 280 g/mol. The number of rotatable bonds is 7. The molecule has 0 fully saturated rings. The van der Waals surface area contributed by atoms with E-state index < -0.39 is 0 Å². The molecule has 0 amide bonds. The van der Waals surface area contributed by atoms with E-state index in [1.165, 1.54) is 0 Å². The predicted octanol–water partition coefficient (Wildman–Crippen LogP) is 3.08. The molecule has 1 heterocycles. The van der Waals surface area contributed by atoms with E-state index in [1.54, 1.807) is 20.4 Å². The second-order valence-corrected chi connectivity index (χ2v) is 4.61. The Morgan fingerprint density at radius 2 is 1.77 bits per heavy atom. The molecule has 0 radical (unpaired) electrons. The number of nitrogens with zero attached hydrogens (tertiary/aromatic N) is 3. The molecule has 0 bridgehead atoms. The Morgan fingerprint density at radius 3 is 2.41 bits per heavy atom. The van der Waals surface area contributed by atoms with Crippen molar-refractivity contribution < 1.29 is 9.47 Å². The number of hydrogen-bond donors (Lipinski definition) is 1. The Morgan fingerprint density at radius 1 is 1.05 bits per heavy atom. The van der Waals surface area contributed by atoms with Gasteiger partial charge in [0.15, 0.2) is 11.5 Å². The van der Waals surface area contributed by atoms with Crippen molar-refractivity contribution in [3.05, 3.63) is 30.5 Å². The fourth-order valence-electron chi connectivity index (χ4n) is 2.14. The Kier molecular flexibility index (Phi) is 5.41. The first-order valence-electron chi connectivity index (χ1n) is 7.28. The predicted molar refractivity (Wildman–Crippen MR) is 88.4 cm³/mol. The van der Waals surface area contributed by atoms with Crippen LogP contribution in [0.4, 0.5) is 17.5 Å². The summed E-state index contributed by atoms with van der Waals surface area (Å²) in [5.74, 6) is 2.82. The van der Waals surface area contributed by atoms with Crippen LogP contribution in [0.15, 0.2) is 30.5 Å². The fraction of sp³-hybridized carbons (Fsp3) is 0.375. The normalized spacial score (nSPS) is 10.2. The van der Waals surface area contributed by atoms with Crippen molar-refractivity contribution in [3.8, 4) is 11.5 Å². The zero-order chi connectivity index (χ0) is 15.9. The number of benzene rings is 1. The van der Waals surface area contributed by atoms with Crippen LogP contribution in [-0.4, -0.2) is 37.3 Å². The van der Waals surface area contributed by atoms with E-state index in [9.17, 15) is 0 Å². The van der Waals surface area contributed by atoms with Gasteiger partial charge < -0.3 is 19.7 Å². The third-order valence-electron chi connectivity index (χ3n) is 3.35. The van der Waals surface area contributed by atoms with Gasteiger partial charge in [0.2, 0.25) is 5.95 Å². The molecule has 0 saturated carbocycles. The summed E-state index contributed by atoms with van der Waals surface area (Å²) in [4.78, 5) is 11.0. The van der Waals surface area contributed by atoms with Gasteiger partial charge in [-0.25, -0.2) is 4.98 Å². The standard InChI is InChI=1S/C16H22N4O2/c1-5-20(6-2)16-17-10-9-15(19-16)18-12-7-8-13(21-3)14(11-12)22-4/h7-11H,5-6H2,1-4H3,(H,17,18,19). The molecule has 2 aromatic rings. The molecule has 0 aliphatic carbocycles. The highest BCUT2D eigenvalue weighted by Crippen LogP contribution is 2.30. The molecule has 0 aliphatic rings. The van der Waals surface area contributed by atoms with Gasteiger partial charge in [0.05, 0.1) is 14.2 Å². The number of hydrogen-bond acceptors (Lipinski definition) is 6. The van der Waals surface area contributed by atoms with E-state index in [0.29, 0.717) is 11.5 Å². The molecule has 2 rings (SSSR count). The lowest BCUT2D eigenvalue weighted by molar-refractivity contribution is 0.355. The van der Waals surface area contributed by atoms with Gasteiger partial charge in [-0.2, -0.15) is 4.98 Å². The van der Waals surface area contributed by atoms with Gasteiger partial charge in [-0.15, -0.1) is 0 Å². The topological polar surface area (TPSA) is 59.5 Å². The molecule has 0 atom stereocenters. The zero-order valence-corrected chi connectivity index (χ0v) is 13.5. The minimum atomic E-state index is 0.672. The summed E-state index contributed by atoms with van der Waals surface area (Å²) in [6, 6.07) is 7.48. The van der Waals surface area contributed by atoms with Crippen LogP contribution >= 0.6 is 0 Å². The fourth-order valence-corrected chi connectivity index (χ4v) is 2.14. The van der Waals surface area contributed by atoms with Crippen LogP contribution in [0.1, 0.15) is 13.8 Å². The van der Waals surface area contributed by atoms with Gasteiger partial charge in [-0.3, -0.25) is 0 Å². The molecule has 6 heteroatoms. The van der Waals surface area contributed by atoms with Gasteiger partial charge in [0.25, 0.3) is 0 Å². The number of methoxy groups -OCH3 is 2. The number of aromatic nitrogens is 2. The van der Waals surface area contributed by atoms with Crippen LogP contribution < -0.4 is 19.7 Å². The third kappa shape index (κ3) is 3.58. The molecular formula is C16H22N4O2. The highest BCUT2D eigenvalue weighted by atomic mass is 16.5. The maximum absolute atomic E-state index is 5.31. The average Bonchev–Trinajstić information content (AvgIpc) is 2.56. The van der Waals surface area contributed by atoms with Crippen molar-refractivity contribution in [1.29, 1.82) is 0 Å². The first-order valence-corrected chi connectivity index (χ1v) is 7.28. The first kappa shape index (κ1) is 15.9. The minimum absolute atomic E-state index is 0.672. The van der Waals surface area contributed by atoms with E-state index in [2.05, 4.69) is 34.0 Å². The largest absolute Gasteiger partial charge is 0.493 e. The number of anilines is 3. The number of nitrogens with one attached hydrogen (secondary N) is 1. The average molecular weight is 302 g/mol. The van der Waals surface area contributed by atoms with Crippen LogP contribution in [0.2, 0.25) is 0 Å². The lowest BCUT2D eigenvalue weighted by Gasteiger charge is -2.19. The smallest absolute Gasteiger partial charge is 0.227 e. The highest BCUT2D eigenvalue weighted by molar-refractivity contribution is 5.61. The van der Waals surface area contributed by atoms with E-state index in [0.717, 1.165) is 30.5 Å². The van der Waals surface area contributed by atoms with Crippen molar-refractivity contribution in [2.24, 2.45) is 0 Å². The Bertz CT molecular complexity index is 615. The minimum Gasteiger partial charge on any atom is -0.493 e. The molecule has 6 nitrogen and oxygen atoms in total. The summed E-state index contributed by atoms with van der Waals surface area (Å²) in [7, 11) is 3.23.